The highest BCUT2D eigenvalue weighted by Crippen LogP contribution is 2.01. The standard InChI is InChI=1S/C6H11NO4/c1-4(9)7-6(2,3-8)5(10)11/h8H,3H2,1-2H3,(H,7,9)(H,10,11)/t6-/m0/s1. The first-order valence-electron chi connectivity index (χ1n) is 3.05. The van der Waals surface area contributed by atoms with Crippen molar-refractivity contribution in [3.63, 3.8) is 0 Å². The van der Waals surface area contributed by atoms with Gasteiger partial charge in [-0.25, -0.2) is 4.79 Å². The van der Waals surface area contributed by atoms with Crippen molar-refractivity contribution in [2.45, 2.75) is 19.4 Å². The van der Waals surface area contributed by atoms with Crippen molar-refractivity contribution in [1.29, 1.82) is 0 Å². The van der Waals surface area contributed by atoms with Gasteiger partial charge in [0.05, 0.1) is 6.61 Å². The average molecular weight is 161 g/mol. The second kappa shape index (κ2) is 3.34. The van der Waals surface area contributed by atoms with E-state index in [1.54, 1.807) is 0 Å². The van der Waals surface area contributed by atoms with Crippen LogP contribution >= 0.6 is 0 Å². The third-order valence-corrected chi connectivity index (χ3v) is 1.24. The number of carboxylic acids is 1. The summed E-state index contributed by atoms with van der Waals surface area (Å²) in [6.07, 6.45) is 0. The smallest absolute Gasteiger partial charge is 0.331 e. The van der Waals surface area contributed by atoms with Crippen LogP contribution in [0.2, 0.25) is 0 Å². The Labute approximate surface area is 64.0 Å². The van der Waals surface area contributed by atoms with Gasteiger partial charge in [0.1, 0.15) is 0 Å². The third kappa shape index (κ3) is 2.55. The predicted molar refractivity (Wildman–Crippen MR) is 36.9 cm³/mol. The Morgan fingerprint density at radius 3 is 2.09 bits per heavy atom. The fraction of sp³-hybridized carbons (Fsp3) is 0.667. The van der Waals surface area contributed by atoms with Crippen molar-refractivity contribution < 1.29 is 19.8 Å². The van der Waals surface area contributed by atoms with Crippen molar-refractivity contribution >= 4 is 11.9 Å². The molecule has 0 aromatic heterocycles. The highest BCUT2D eigenvalue weighted by atomic mass is 16.4. The number of hydrogen-bond donors (Lipinski definition) is 3. The summed E-state index contributed by atoms with van der Waals surface area (Å²) in [4.78, 5) is 20.9. The van der Waals surface area contributed by atoms with Crippen LogP contribution in [0.15, 0.2) is 0 Å². The molecule has 0 radical (unpaired) electrons. The molecule has 5 nitrogen and oxygen atoms in total. The molecule has 3 N–H and O–H groups in total. The monoisotopic (exact) mass is 161 g/mol. The Morgan fingerprint density at radius 2 is 2.00 bits per heavy atom. The van der Waals surface area contributed by atoms with Gasteiger partial charge in [0, 0.05) is 6.92 Å². The quantitative estimate of drug-likeness (QED) is 0.493. The first-order valence-corrected chi connectivity index (χ1v) is 3.05. The Kier molecular flexibility index (Phi) is 3.00. The molecule has 1 atom stereocenters. The number of carboxylic acid groups (broad SMARTS) is 1. The van der Waals surface area contributed by atoms with Crippen LogP contribution in [-0.4, -0.2) is 34.2 Å². The first-order chi connectivity index (χ1) is 4.92. The largest absolute Gasteiger partial charge is 0.479 e. The van der Waals surface area contributed by atoms with E-state index >= 15 is 0 Å². The van der Waals surface area contributed by atoms with Crippen LogP contribution in [0.5, 0.6) is 0 Å². The molecule has 0 aliphatic heterocycles. The van der Waals surface area contributed by atoms with Gasteiger partial charge < -0.3 is 15.5 Å². The van der Waals surface area contributed by atoms with Crippen molar-refractivity contribution in [1.82, 2.24) is 5.32 Å². The molecule has 11 heavy (non-hydrogen) atoms. The number of amides is 1. The summed E-state index contributed by atoms with van der Waals surface area (Å²) in [5, 5.41) is 19.2. The number of carbonyl (C=O) groups excluding carboxylic acids is 1. The summed E-state index contributed by atoms with van der Waals surface area (Å²) in [6, 6.07) is 0. The van der Waals surface area contributed by atoms with E-state index in [1.807, 2.05) is 0 Å². The molecule has 64 valence electrons. The number of rotatable bonds is 3. The topological polar surface area (TPSA) is 86.6 Å². The van der Waals surface area contributed by atoms with E-state index in [9.17, 15) is 9.59 Å². The number of nitrogens with one attached hydrogen (secondary N) is 1. The van der Waals surface area contributed by atoms with Crippen LogP contribution < -0.4 is 5.32 Å². The Hall–Kier alpha value is -1.10. The van der Waals surface area contributed by atoms with Crippen LogP contribution in [0.4, 0.5) is 0 Å². The van der Waals surface area contributed by atoms with E-state index in [0.717, 1.165) is 0 Å². The zero-order valence-electron chi connectivity index (χ0n) is 6.42. The Morgan fingerprint density at radius 1 is 1.55 bits per heavy atom. The van der Waals surface area contributed by atoms with Gasteiger partial charge in [0.15, 0.2) is 5.54 Å². The zero-order valence-corrected chi connectivity index (χ0v) is 6.42. The minimum atomic E-state index is -1.56. The molecule has 0 aromatic carbocycles. The average Bonchev–Trinajstić information content (AvgIpc) is 1.86. The lowest BCUT2D eigenvalue weighted by atomic mass is 10.1. The second-order valence-corrected chi connectivity index (χ2v) is 2.48. The minimum absolute atomic E-state index is 0.482. The predicted octanol–water partition coefficient (Wildman–Crippen LogP) is -1.04. The maximum atomic E-state index is 10.4. The van der Waals surface area contributed by atoms with E-state index in [1.165, 1.54) is 13.8 Å². The molecule has 0 aliphatic carbocycles. The Balaban J connectivity index is 4.34. The number of hydrogen-bond acceptors (Lipinski definition) is 3. The van der Waals surface area contributed by atoms with Crippen LogP contribution in [0.25, 0.3) is 0 Å². The van der Waals surface area contributed by atoms with Crippen LogP contribution in [0, 0.1) is 0 Å². The molecule has 0 saturated carbocycles. The molecule has 0 rings (SSSR count). The van der Waals surface area contributed by atoms with Gasteiger partial charge in [-0.15, -0.1) is 0 Å². The van der Waals surface area contributed by atoms with E-state index in [4.69, 9.17) is 10.2 Å². The van der Waals surface area contributed by atoms with Crippen LogP contribution in [-0.2, 0) is 9.59 Å². The highest BCUT2D eigenvalue weighted by molar-refractivity contribution is 5.85. The summed E-state index contributed by atoms with van der Waals surface area (Å²) in [5.74, 6) is -1.74. The van der Waals surface area contributed by atoms with Crippen molar-refractivity contribution in [2.24, 2.45) is 0 Å². The first kappa shape index (κ1) is 9.90. The van der Waals surface area contributed by atoms with E-state index in [0.29, 0.717) is 0 Å². The summed E-state index contributed by atoms with van der Waals surface area (Å²) in [7, 11) is 0. The van der Waals surface area contributed by atoms with Gasteiger partial charge >= 0.3 is 5.97 Å². The third-order valence-electron chi connectivity index (χ3n) is 1.24. The summed E-state index contributed by atoms with van der Waals surface area (Å²) < 4.78 is 0. The molecule has 0 aliphatic rings. The van der Waals surface area contributed by atoms with Gasteiger partial charge in [-0.05, 0) is 6.92 Å². The van der Waals surface area contributed by atoms with E-state index in [2.05, 4.69) is 5.32 Å². The number of aliphatic hydroxyl groups excluding tert-OH is 1. The fourth-order valence-corrected chi connectivity index (χ4v) is 0.549. The maximum Gasteiger partial charge on any atom is 0.331 e. The van der Waals surface area contributed by atoms with Gasteiger partial charge in [0.2, 0.25) is 5.91 Å². The summed E-state index contributed by atoms with van der Waals surface area (Å²) in [5.41, 5.74) is -1.56. The number of aliphatic carboxylic acids is 1. The normalized spacial score (nSPS) is 15.2. The lowest BCUT2D eigenvalue weighted by Gasteiger charge is -2.22. The maximum absolute atomic E-state index is 10.4. The molecule has 0 bridgehead atoms. The van der Waals surface area contributed by atoms with Crippen molar-refractivity contribution in [3.05, 3.63) is 0 Å². The number of carbonyl (C=O) groups is 2. The van der Waals surface area contributed by atoms with Crippen LogP contribution in [0.1, 0.15) is 13.8 Å². The molecule has 0 saturated heterocycles. The molecule has 1 amide bonds. The van der Waals surface area contributed by atoms with Gasteiger partial charge in [0.25, 0.3) is 0 Å². The molecular formula is C6H11NO4. The molecule has 5 heteroatoms. The SMILES string of the molecule is CC(=O)N[C@@](C)(CO)C(=O)O. The van der Waals surface area contributed by atoms with Crippen molar-refractivity contribution in [2.75, 3.05) is 6.61 Å². The molecule has 0 unspecified atom stereocenters. The van der Waals surface area contributed by atoms with E-state index in [-0.39, 0.29) is 0 Å². The summed E-state index contributed by atoms with van der Waals surface area (Å²) >= 11 is 0. The second-order valence-electron chi connectivity index (χ2n) is 2.48. The van der Waals surface area contributed by atoms with Gasteiger partial charge in [-0.1, -0.05) is 0 Å². The molecular weight excluding hydrogens is 150 g/mol. The lowest BCUT2D eigenvalue weighted by molar-refractivity contribution is -0.148. The van der Waals surface area contributed by atoms with Crippen molar-refractivity contribution in [3.8, 4) is 0 Å². The van der Waals surface area contributed by atoms with Gasteiger partial charge in [-0.2, -0.15) is 0 Å². The molecule has 0 fully saturated rings. The lowest BCUT2D eigenvalue weighted by Crippen LogP contribution is -2.54. The number of aliphatic hydroxyl groups is 1. The minimum Gasteiger partial charge on any atom is -0.479 e. The zero-order chi connectivity index (χ0) is 9.07. The summed E-state index contributed by atoms with van der Waals surface area (Å²) in [6.45, 7) is 1.80. The van der Waals surface area contributed by atoms with E-state index < -0.39 is 24.0 Å². The van der Waals surface area contributed by atoms with Crippen LogP contribution in [0.3, 0.4) is 0 Å². The Bertz CT molecular complexity index is 179. The van der Waals surface area contributed by atoms with Gasteiger partial charge in [-0.3, -0.25) is 4.79 Å². The molecule has 0 spiro atoms. The fourth-order valence-electron chi connectivity index (χ4n) is 0.549. The molecule has 0 aromatic rings. The highest BCUT2D eigenvalue weighted by Gasteiger charge is 2.32. The molecule has 0 heterocycles.